The molecule has 0 saturated heterocycles. The van der Waals surface area contributed by atoms with Gasteiger partial charge >= 0.3 is 5.56 Å². The second-order valence-corrected chi connectivity index (χ2v) is 8.11. The van der Waals surface area contributed by atoms with E-state index in [1.165, 1.54) is 17.8 Å². The van der Waals surface area contributed by atoms with Gasteiger partial charge in [-0.25, -0.2) is 9.66 Å². The van der Waals surface area contributed by atoms with Crippen molar-refractivity contribution >= 4 is 29.2 Å². The Morgan fingerprint density at radius 1 is 1.24 bits per heavy atom. The number of benzene rings is 1. The van der Waals surface area contributed by atoms with Crippen LogP contribution in [0, 0.1) is 6.92 Å². The Bertz CT molecular complexity index is 1020. The van der Waals surface area contributed by atoms with E-state index in [-0.39, 0.29) is 18.3 Å². The molecule has 0 radical (unpaired) electrons. The van der Waals surface area contributed by atoms with Crippen LogP contribution in [-0.4, -0.2) is 34.1 Å². The Labute approximate surface area is 198 Å². The summed E-state index contributed by atoms with van der Waals surface area (Å²) in [6.07, 6.45) is 4.05. The molecule has 1 aromatic heterocycles. The Kier molecular flexibility index (Phi) is 10.2. The molecule has 0 aliphatic carbocycles. The predicted octanol–water partition coefficient (Wildman–Crippen LogP) is 3.37. The monoisotopic (exact) mass is 477 g/mol. The van der Waals surface area contributed by atoms with Gasteiger partial charge in [0.15, 0.2) is 11.9 Å². The maximum Gasteiger partial charge on any atom is 0.312 e. The lowest BCUT2D eigenvalue weighted by Crippen LogP contribution is -2.42. The topological polar surface area (TPSA) is 114 Å². The van der Waals surface area contributed by atoms with Gasteiger partial charge in [0.2, 0.25) is 5.91 Å². The first-order chi connectivity index (χ1) is 15.8. The Morgan fingerprint density at radius 3 is 2.67 bits per heavy atom. The molecule has 0 aliphatic heterocycles. The molecule has 0 fully saturated rings. The SMILES string of the molecule is CCCCCNc1ncc(C)n(NC(=O)C(CC)Oc2ccc(Cl)cc2CNC(C)=O)c1=O. The minimum Gasteiger partial charge on any atom is -0.480 e. The molecule has 3 N–H and O–H groups in total. The van der Waals surface area contributed by atoms with Crippen molar-refractivity contribution in [3.05, 3.63) is 51.0 Å². The second-order valence-electron chi connectivity index (χ2n) is 7.68. The number of hydrogen-bond donors (Lipinski definition) is 3. The second kappa shape index (κ2) is 12.8. The molecule has 180 valence electrons. The summed E-state index contributed by atoms with van der Waals surface area (Å²) in [5.74, 6) is -0.0721. The van der Waals surface area contributed by atoms with Crippen molar-refractivity contribution in [1.29, 1.82) is 0 Å². The molecule has 1 aromatic carbocycles. The number of halogens is 1. The number of aryl methyl sites for hydroxylation is 1. The van der Waals surface area contributed by atoms with Crippen LogP contribution in [0.15, 0.2) is 29.2 Å². The van der Waals surface area contributed by atoms with E-state index in [1.807, 2.05) is 0 Å². The molecule has 33 heavy (non-hydrogen) atoms. The molecule has 1 atom stereocenters. The van der Waals surface area contributed by atoms with Crippen molar-refractivity contribution in [1.82, 2.24) is 15.0 Å². The molecule has 10 heteroatoms. The fourth-order valence-corrected chi connectivity index (χ4v) is 3.25. The van der Waals surface area contributed by atoms with Crippen molar-refractivity contribution in [3.8, 4) is 5.75 Å². The van der Waals surface area contributed by atoms with Crippen LogP contribution in [0.2, 0.25) is 5.02 Å². The third kappa shape index (κ3) is 7.78. The van der Waals surface area contributed by atoms with Crippen LogP contribution < -0.4 is 26.4 Å². The molecule has 1 unspecified atom stereocenters. The number of ether oxygens (including phenoxy) is 1. The van der Waals surface area contributed by atoms with E-state index < -0.39 is 17.6 Å². The maximum atomic E-state index is 13.0. The van der Waals surface area contributed by atoms with Crippen LogP contribution >= 0.6 is 11.6 Å². The summed E-state index contributed by atoms with van der Waals surface area (Å²) >= 11 is 6.08. The van der Waals surface area contributed by atoms with Crippen LogP contribution in [0.25, 0.3) is 0 Å². The summed E-state index contributed by atoms with van der Waals surface area (Å²) in [4.78, 5) is 41.3. The van der Waals surface area contributed by atoms with E-state index in [2.05, 4.69) is 28.0 Å². The van der Waals surface area contributed by atoms with Gasteiger partial charge in [0.1, 0.15) is 5.75 Å². The van der Waals surface area contributed by atoms with Gasteiger partial charge in [-0.3, -0.25) is 19.8 Å². The van der Waals surface area contributed by atoms with Gasteiger partial charge in [-0.15, -0.1) is 0 Å². The zero-order valence-electron chi connectivity index (χ0n) is 19.5. The van der Waals surface area contributed by atoms with Crippen LogP contribution in [0.3, 0.4) is 0 Å². The molecule has 1 heterocycles. The molecule has 0 spiro atoms. The Hall–Kier alpha value is -3.07. The molecule has 2 aromatic rings. The maximum absolute atomic E-state index is 13.0. The lowest BCUT2D eigenvalue weighted by molar-refractivity contribution is -0.124. The average molecular weight is 478 g/mol. The lowest BCUT2D eigenvalue weighted by Gasteiger charge is -2.21. The van der Waals surface area contributed by atoms with Crippen molar-refractivity contribution in [2.24, 2.45) is 0 Å². The van der Waals surface area contributed by atoms with Crippen molar-refractivity contribution in [2.45, 2.75) is 66.0 Å². The number of nitrogens with one attached hydrogen (secondary N) is 3. The number of hydrogen-bond acceptors (Lipinski definition) is 6. The highest BCUT2D eigenvalue weighted by atomic mass is 35.5. The molecule has 0 saturated carbocycles. The first kappa shape index (κ1) is 26.2. The number of rotatable bonds is 12. The Balaban J connectivity index is 2.17. The summed E-state index contributed by atoms with van der Waals surface area (Å²) < 4.78 is 7.12. The number of amides is 2. The standard InChI is InChI=1S/C23H32ClN5O4/c1-5-7-8-11-25-21-23(32)29(15(3)13-27-21)28-22(31)19(6-2)33-20-10-9-18(24)12-17(20)14-26-16(4)30/h9-10,12-13,19H,5-8,11,14H2,1-4H3,(H,25,27)(H,26,30)(H,28,31). The first-order valence-corrected chi connectivity index (χ1v) is 11.5. The predicted molar refractivity (Wildman–Crippen MR) is 129 cm³/mol. The normalized spacial score (nSPS) is 11.5. The quantitative estimate of drug-likeness (QED) is 0.404. The number of anilines is 1. The molecular weight excluding hydrogens is 446 g/mol. The van der Waals surface area contributed by atoms with Gasteiger partial charge in [-0.05, 0) is 38.0 Å². The van der Waals surface area contributed by atoms with Gasteiger partial charge in [0, 0.05) is 30.6 Å². The third-order valence-electron chi connectivity index (χ3n) is 4.92. The number of unbranched alkanes of at least 4 members (excludes halogenated alkanes) is 2. The number of carbonyl (C=O) groups is 2. The van der Waals surface area contributed by atoms with E-state index in [0.29, 0.717) is 35.0 Å². The smallest absolute Gasteiger partial charge is 0.312 e. The minimum atomic E-state index is -0.873. The van der Waals surface area contributed by atoms with Gasteiger partial charge in [0.25, 0.3) is 5.91 Å². The number of nitrogens with zero attached hydrogens (tertiary/aromatic N) is 2. The van der Waals surface area contributed by atoms with Crippen LogP contribution in [-0.2, 0) is 16.1 Å². The summed E-state index contributed by atoms with van der Waals surface area (Å²) in [7, 11) is 0. The van der Waals surface area contributed by atoms with E-state index >= 15 is 0 Å². The van der Waals surface area contributed by atoms with Gasteiger partial charge in [-0.2, -0.15) is 0 Å². The fourth-order valence-electron chi connectivity index (χ4n) is 3.06. The van der Waals surface area contributed by atoms with Crippen molar-refractivity contribution in [2.75, 3.05) is 17.3 Å². The number of aromatic nitrogens is 2. The minimum absolute atomic E-state index is 0.182. The molecule has 2 rings (SSSR count). The van der Waals surface area contributed by atoms with Crippen LogP contribution in [0.4, 0.5) is 5.82 Å². The molecular formula is C23H32ClN5O4. The fraction of sp³-hybridized carbons (Fsp3) is 0.478. The van der Waals surface area contributed by atoms with Gasteiger partial charge < -0.3 is 15.4 Å². The highest BCUT2D eigenvalue weighted by Gasteiger charge is 2.22. The van der Waals surface area contributed by atoms with E-state index in [1.54, 1.807) is 32.0 Å². The number of carbonyl (C=O) groups excluding carboxylic acids is 2. The molecule has 2 amide bonds. The summed E-state index contributed by atoms with van der Waals surface area (Å²) in [6, 6.07) is 4.97. The third-order valence-corrected chi connectivity index (χ3v) is 5.15. The van der Waals surface area contributed by atoms with Crippen LogP contribution in [0.5, 0.6) is 5.75 Å². The summed E-state index contributed by atoms with van der Waals surface area (Å²) in [5.41, 5.74) is 3.32. The van der Waals surface area contributed by atoms with E-state index in [9.17, 15) is 14.4 Å². The molecule has 0 aliphatic rings. The van der Waals surface area contributed by atoms with Crippen molar-refractivity contribution < 1.29 is 14.3 Å². The largest absolute Gasteiger partial charge is 0.480 e. The summed E-state index contributed by atoms with van der Waals surface area (Å²) in [6.45, 7) is 7.83. The molecule has 0 bridgehead atoms. The lowest BCUT2D eigenvalue weighted by atomic mass is 10.2. The van der Waals surface area contributed by atoms with Gasteiger partial charge in [-0.1, -0.05) is 38.3 Å². The first-order valence-electron chi connectivity index (χ1n) is 11.1. The summed E-state index contributed by atoms with van der Waals surface area (Å²) in [5, 5.41) is 6.22. The van der Waals surface area contributed by atoms with Crippen LogP contribution in [0.1, 0.15) is 57.7 Å². The zero-order valence-corrected chi connectivity index (χ0v) is 20.3. The molecule has 9 nitrogen and oxygen atoms in total. The van der Waals surface area contributed by atoms with Gasteiger partial charge in [0.05, 0.1) is 11.9 Å². The van der Waals surface area contributed by atoms with Crippen molar-refractivity contribution in [3.63, 3.8) is 0 Å². The van der Waals surface area contributed by atoms with E-state index in [0.717, 1.165) is 19.3 Å². The zero-order chi connectivity index (χ0) is 24.4. The highest BCUT2D eigenvalue weighted by molar-refractivity contribution is 6.30. The highest BCUT2D eigenvalue weighted by Crippen LogP contribution is 2.24. The average Bonchev–Trinajstić information content (AvgIpc) is 2.78. The van der Waals surface area contributed by atoms with E-state index in [4.69, 9.17) is 16.3 Å². The Morgan fingerprint density at radius 2 is 2.00 bits per heavy atom.